The van der Waals surface area contributed by atoms with Crippen LogP contribution in [-0.4, -0.2) is 36.4 Å². The number of hydrogen-bond donors (Lipinski definition) is 1. The predicted molar refractivity (Wildman–Crippen MR) is 80.5 cm³/mol. The number of primary amides is 1. The fourth-order valence-electron chi connectivity index (χ4n) is 2.28. The van der Waals surface area contributed by atoms with Gasteiger partial charge in [0.25, 0.3) is 5.91 Å². The van der Waals surface area contributed by atoms with Crippen molar-refractivity contribution in [3.63, 3.8) is 0 Å². The molecule has 0 aliphatic carbocycles. The molecule has 0 aromatic heterocycles. The number of ether oxygens (including phenoxy) is 1. The summed E-state index contributed by atoms with van der Waals surface area (Å²) in [4.78, 5) is 24.9. The van der Waals surface area contributed by atoms with E-state index in [2.05, 4.69) is 0 Å². The molecule has 0 radical (unpaired) electrons. The van der Waals surface area contributed by atoms with E-state index in [0.29, 0.717) is 23.1 Å². The summed E-state index contributed by atoms with van der Waals surface area (Å²) >= 11 is 11.9. The van der Waals surface area contributed by atoms with Crippen molar-refractivity contribution >= 4 is 35.0 Å². The predicted octanol–water partition coefficient (Wildman–Crippen LogP) is 2.10. The Morgan fingerprint density at radius 1 is 1.33 bits per heavy atom. The number of nitrogens with two attached hydrogens (primary N) is 1. The number of para-hydroxylation sites is 1. The molecule has 2 N–H and O–H groups in total. The highest BCUT2D eigenvalue weighted by atomic mass is 35.5. The summed E-state index contributed by atoms with van der Waals surface area (Å²) in [7, 11) is 0. The van der Waals surface area contributed by atoms with E-state index in [1.54, 1.807) is 23.1 Å². The van der Waals surface area contributed by atoms with Gasteiger partial charge in [0.15, 0.2) is 12.4 Å². The highest BCUT2D eigenvalue weighted by molar-refractivity contribution is 6.37. The normalized spacial score (nSPS) is 18.4. The van der Waals surface area contributed by atoms with E-state index in [-0.39, 0.29) is 30.1 Å². The fourth-order valence-corrected chi connectivity index (χ4v) is 2.79. The van der Waals surface area contributed by atoms with Crippen molar-refractivity contribution in [1.29, 1.82) is 0 Å². The summed E-state index contributed by atoms with van der Waals surface area (Å²) in [6.07, 6.45) is 1.47. The van der Waals surface area contributed by atoms with Crippen LogP contribution in [0.4, 0.5) is 0 Å². The smallest absolute Gasteiger partial charge is 0.260 e. The van der Waals surface area contributed by atoms with Gasteiger partial charge >= 0.3 is 0 Å². The van der Waals surface area contributed by atoms with Crippen LogP contribution in [0.25, 0.3) is 0 Å². The van der Waals surface area contributed by atoms with Gasteiger partial charge in [-0.25, -0.2) is 0 Å². The number of benzene rings is 1. The molecule has 1 unspecified atom stereocenters. The Morgan fingerprint density at radius 2 is 2.00 bits per heavy atom. The highest BCUT2D eigenvalue weighted by Crippen LogP contribution is 2.32. The van der Waals surface area contributed by atoms with Crippen molar-refractivity contribution in [1.82, 2.24) is 4.90 Å². The van der Waals surface area contributed by atoms with Gasteiger partial charge in [-0.15, -0.1) is 0 Å². The van der Waals surface area contributed by atoms with E-state index in [1.165, 1.54) is 0 Å². The number of rotatable bonds is 4. The molecule has 1 aromatic rings. The molecule has 5 nitrogen and oxygen atoms in total. The molecule has 2 rings (SSSR count). The molecule has 114 valence electrons. The van der Waals surface area contributed by atoms with Gasteiger partial charge < -0.3 is 15.4 Å². The summed E-state index contributed by atoms with van der Waals surface area (Å²) < 4.78 is 5.41. The third-order valence-corrected chi connectivity index (χ3v) is 4.03. The largest absolute Gasteiger partial charge is 0.481 e. The molecule has 0 saturated carbocycles. The van der Waals surface area contributed by atoms with Crippen molar-refractivity contribution in [2.24, 2.45) is 11.7 Å². The molecule has 7 heteroatoms. The lowest BCUT2D eigenvalue weighted by atomic mass is 9.97. The van der Waals surface area contributed by atoms with Crippen LogP contribution in [0.1, 0.15) is 12.8 Å². The molecule has 0 bridgehead atoms. The lowest BCUT2D eigenvalue weighted by molar-refractivity contribution is -0.136. The molecule has 0 spiro atoms. The topological polar surface area (TPSA) is 72.6 Å². The summed E-state index contributed by atoms with van der Waals surface area (Å²) in [6.45, 7) is 0.769. The molecular formula is C14H16Cl2N2O3. The van der Waals surface area contributed by atoms with Gasteiger partial charge in [0.05, 0.1) is 16.0 Å². The zero-order valence-corrected chi connectivity index (χ0v) is 12.9. The van der Waals surface area contributed by atoms with Crippen molar-refractivity contribution < 1.29 is 14.3 Å². The molecule has 1 heterocycles. The Labute approximate surface area is 132 Å². The zero-order valence-electron chi connectivity index (χ0n) is 11.4. The number of halogens is 2. The van der Waals surface area contributed by atoms with Crippen LogP contribution in [0.3, 0.4) is 0 Å². The number of piperidine rings is 1. The molecule has 1 aromatic carbocycles. The first-order valence-electron chi connectivity index (χ1n) is 6.63. The number of carbonyl (C=O) groups excluding carboxylic acids is 2. The van der Waals surface area contributed by atoms with E-state index in [9.17, 15) is 9.59 Å². The minimum Gasteiger partial charge on any atom is -0.481 e. The Morgan fingerprint density at radius 3 is 2.62 bits per heavy atom. The van der Waals surface area contributed by atoms with E-state index in [1.807, 2.05) is 0 Å². The van der Waals surface area contributed by atoms with E-state index in [0.717, 1.165) is 12.8 Å². The first-order valence-corrected chi connectivity index (χ1v) is 7.38. The number of amides is 2. The molecule has 1 atom stereocenters. The lowest BCUT2D eigenvalue weighted by Gasteiger charge is -2.31. The monoisotopic (exact) mass is 330 g/mol. The van der Waals surface area contributed by atoms with Crippen LogP contribution < -0.4 is 10.5 Å². The summed E-state index contributed by atoms with van der Waals surface area (Å²) in [5.41, 5.74) is 5.29. The Balaban J connectivity index is 1.94. The molecular weight excluding hydrogens is 315 g/mol. The van der Waals surface area contributed by atoms with E-state index >= 15 is 0 Å². The Kier molecular flexibility index (Phi) is 5.31. The molecule has 21 heavy (non-hydrogen) atoms. The second kappa shape index (κ2) is 7.00. The van der Waals surface area contributed by atoms with Crippen molar-refractivity contribution in [3.05, 3.63) is 28.2 Å². The lowest BCUT2D eigenvalue weighted by Crippen LogP contribution is -2.45. The zero-order chi connectivity index (χ0) is 15.4. The third-order valence-electron chi connectivity index (χ3n) is 3.44. The van der Waals surface area contributed by atoms with Crippen molar-refractivity contribution in [2.75, 3.05) is 19.7 Å². The van der Waals surface area contributed by atoms with Crippen LogP contribution in [0.5, 0.6) is 5.75 Å². The number of carbonyl (C=O) groups is 2. The van der Waals surface area contributed by atoms with Crippen LogP contribution in [0.2, 0.25) is 10.0 Å². The SMILES string of the molecule is NC(=O)C1CCCN(C(=O)COc2c(Cl)cccc2Cl)C1. The van der Waals surface area contributed by atoms with Crippen LogP contribution in [0.15, 0.2) is 18.2 Å². The Bertz CT molecular complexity index is 531. The average molecular weight is 331 g/mol. The van der Waals surface area contributed by atoms with Crippen LogP contribution in [-0.2, 0) is 9.59 Å². The number of nitrogens with zero attached hydrogens (tertiary/aromatic N) is 1. The van der Waals surface area contributed by atoms with Crippen LogP contribution in [0, 0.1) is 5.92 Å². The van der Waals surface area contributed by atoms with Gasteiger partial charge in [0, 0.05) is 13.1 Å². The first-order chi connectivity index (χ1) is 9.99. The summed E-state index contributed by atoms with van der Waals surface area (Å²) in [5.74, 6) is -0.580. The van der Waals surface area contributed by atoms with Gasteiger partial charge in [-0.05, 0) is 25.0 Å². The minimum absolute atomic E-state index is 0.172. The maximum absolute atomic E-state index is 12.1. The second-order valence-corrected chi connectivity index (χ2v) is 5.74. The molecule has 2 amide bonds. The van der Waals surface area contributed by atoms with Gasteiger partial charge in [-0.2, -0.15) is 0 Å². The van der Waals surface area contributed by atoms with Gasteiger partial charge in [-0.1, -0.05) is 29.3 Å². The van der Waals surface area contributed by atoms with Crippen molar-refractivity contribution in [3.8, 4) is 5.75 Å². The minimum atomic E-state index is -0.373. The summed E-state index contributed by atoms with van der Waals surface area (Å²) in [5, 5.41) is 0.702. The quantitative estimate of drug-likeness (QED) is 0.918. The van der Waals surface area contributed by atoms with E-state index in [4.69, 9.17) is 33.7 Å². The second-order valence-electron chi connectivity index (χ2n) is 4.92. The fraction of sp³-hybridized carbons (Fsp3) is 0.429. The molecule has 1 fully saturated rings. The Hall–Kier alpha value is -1.46. The van der Waals surface area contributed by atoms with Gasteiger partial charge in [0.1, 0.15) is 0 Å². The molecule has 1 aliphatic heterocycles. The van der Waals surface area contributed by atoms with Crippen molar-refractivity contribution in [2.45, 2.75) is 12.8 Å². The molecule has 1 saturated heterocycles. The maximum atomic E-state index is 12.1. The molecule has 1 aliphatic rings. The van der Waals surface area contributed by atoms with E-state index < -0.39 is 0 Å². The third kappa shape index (κ3) is 4.02. The standard InChI is InChI=1S/C14H16Cl2N2O3/c15-10-4-1-5-11(16)13(10)21-8-12(19)18-6-2-3-9(7-18)14(17)20/h1,4-5,9H,2-3,6-8H2,(H2,17,20). The highest BCUT2D eigenvalue weighted by Gasteiger charge is 2.27. The van der Waals surface area contributed by atoms with Gasteiger partial charge in [-0.3, -0.25) is 9.59 Å². The average Bonchev–Trinajstić information content (AvgIpc) is 2.46. The number of hydrogen-bond acceptors (Lipinski definition) is 3. The van der Waals surface area contributed by atoms with Gasteiger partial charge in [0.2, 0.25) is 5.91 Å². The van der Waals surface area contributed by atoms with Crippen LogP contribution >= 0.6 is 23.2 Å². The first kappa shape index (κ1) is 15.9. The number of likely N-dealkylation sites (tertiary alicyclic amines) is 1. The maximum Gasteiger partial charge on any atom is 0.260 e. The summed E-state index contributed by atoms with van der Waals surface area (Å²) in [6, 6.07) is 4.97.